The third kappa shape index (κ3) is 3.88. The first-order valence-corrected chi connectivity index (χ1v) is 6.58. The molecule has 1 aromatic carbocycles. The number of aromatic nitrogens is 3. The summed E-state index contributed by atoms with van der Waals surface area (Å²) in [5.74, 6) is -0.112. The summed E-state index contributed by atoms with van der Waals surface area (Å²) in [5.41, 5.74) is 1.15. The largest absolute Gasteiger partial charge is 0.462 e. The van der Waals surface area contributed by atoms with E-state index >= 15 is 0 Å². The summed E-state index contributed by atoms with van der Waals surface area (Å²) in [6, 6.07) is 6.67. The number of aryl methyl sites for hydroxylation is 1. The fraction of sp³-hybridized carbons (Fsp3) is 0.286. The lowest BCUT2D eigenvalue weighted by Crippen LogP contribution is -2.15. The van der Waals surface area contributed by atoms with E-state index in [4.69, 9.17) is 4.74 Å². The van der Waals surface area contributed by atoms with Gasteiger partial charge in [-0.15, -0.1) is 10.2 Å². The summed E-state index contributed by atoms with van der Waals surface area (Å²) in [4.78, 5) is 25.6. The quantitative estimate of drug-likeness (QED) is 0.814. The summed E-state index contributed by atoms with van der Waals surface area (Å²) in [5, 5.41) is 10.4. The fourth-order valence-corrected chi connectivity index (χ4v) is 1.55. The number of esters is 1. The first kappa shape index (κ1) is 14.7. The number of anilines is 2. The van der Waals surface area contributed by atoms with Crippen LogP contribution in [0.25, 0.3) is 0 Å². The van der Waals surface area contributed by atoms with Crippen LogP contribution in [0, 0.1) is 6.92 Å². The highest BCUT2D eigenvalue weighted by Gasteiger charge is 2.07. The molecule has 0 atom stereocenters. The summed E-state index contributed by atoms with van der Waals surface area (Å²) in [6.45, 7) is 3.91. The van der Waals surface area contributed by atoms with Gasteiger partial charge in [0.1, 0.15) is 5.69 Å². The molecule has 21 heavy (non-hydrogen) atoms. The van der Waals surface area contributed by atoms with Crippen molar-refractivity contribution in [1.29, 1.82) is 0 Å². The van der Waals surface area contributed by atoms with Crippen LogP contribution in [0.2, 0.25) is 0 Å². The Kier molecular flexibility index (Phi) is 4.65. The maximum Gasteiger partial charge on any atom is 0.338 e. The summed E-state index contributed by atoms with van der Waals surface area (Å²) in [7, 11) is 0. The third-order valence-corrected chi connectivity index (χ3v) is 2.68. The Balaban J connectivity index is 2.06. The first-order chi connectivity index (χ1) is 10.1. The Morgan fingerprint density at radius 3 is 2.62 bits per heavy atom. The van der Waals surface area contributed by atoms with Gasteiger partial charge in [0.05, 0.1) is 12.2 Å². The van der Waals surface area contributed by atoms with Crippen molar-refractivity contribution in [3.63, 3.8) is 0 Å². The van der Waals surface area contributed by atoms with Gasteiger partial charge in [-0.25, -0.2) is 4.79 Å². The molecular weight excluding hydrogens is 272 g/mol. The molecule has 0 unspecified atom stereocenters. The zero-order valence-corrected chi connectivity index (χ0v) is 11.8. The van der Waals surface area contributed by atoms with Gasteiger partial charge >= 0.3 is 5.97 Å². The van der Waals surface area contributed by atoms with E-state index in [-0.39, 0.29) is 17.5 Å². The van der Waals surface area contributed by atoms with Crippen molar-refractivity contribution in [2.45, 2.75) is 20.3 Å². The van der Waals surface area contributed by atoms with E-state index in [9.17, 15) is 9.59 Å². The average Bonchev–Trinajstić information content (AvgIpc) is 2.49. The number of nitrogens with one attached hydrogen (secondary N) is 2. The van der Waals surface area contributed by atoms with Gasteiger partial charge in [-0.3, -0.25) is 9.78 Å². The lowest BCUT2D eigenvalue weighted by Gasteiger charge is -2.06. The zero-order chi connectivity index (χ0) is 15.2. The standard InChI is InChI=1S/C14H16N4O3/c1-3-8-21-13(20)10-4-6-11(7-5-10)15-14-16-12(19)9(2)17-18-14/h4-7H,3,8H2,1-2H3,(H2,15,16,18,19). The lowest BCUT2D eigenvalue weighted by atomic mass is 10.2. The summed E-state index contributed by atoms with van der Waals surface area (Å²) < 4.78 is 5.04. The minimum Gasteiger partial charge on any atom is -0.462 e. The van der Waals surface area contributed by atoms with Gasteiger partial charge in [0.15, 0.2) is 0 Å². The van der Waals surface area contributed by atoms with Crippen LogP contribution in [0.5, 0.6) is 0 Å². The molecule has 2 N–H and O–H groups in total. The van der Waals surface area contributed by atoms with Crippen LogP contribution >= 0.6 is 0 Å². The molecule has 0 aliphatic rings. The number of aromatic amines is 1. The van der Waals surface area contributed by atoms with Gasteiger partial charge < -0.3 is 10.1 Å². The van der Waals surface area contributed by atoms with Gasteiger partial charge in [-0.05, 0) is 37.6 Å². The minimum absolute atomic E-state index is 0.243. The normalized spacial score (nSPS) is 10.2. The molecule has 7 nitrogen and oxygen atoms in total. The predicted molar refractivity (Wildman–Crippen MR) is 77.7 cm³/mol. The van der Waals surface area contributed by atoms with Gasteiger partial charge in [0, 0.05) is 5.69 Å². The predicted octanol–water partition coefficient (Wildman–Crippen LogP) is 1.78. The van der Waals surface area contributed by atoms with Crippen LogP contribution in [-0.4, -0.2) is 27.8 Å². The SMILES string of the molecule is CCCOC(=O)c1ccc(Nc2nnc(C)c(=O)[nH]2)cc1. The second-order valence-electron chi connectivity index (χ2n) is 4.43. The molecule has 0 bridgehead atoms. The number of ether oxygens (including phenoxy) is 1. The van der Waals surface area contributed by atoms with Crippen LogP contribution in [0.1, 0.15) is 29.4 Å². The third-order valence-electron chi connectivity index (χ3n) is 2.68. The molecular formula is C14H16N4O3. The number of benzene rings is 1. The van der Waals surface area contributed by atoms with Gasteiger partial charge in [0.2, 0.25) is 5.95 Å². The second kappa shape index (κ2) is 6.65. The highest BCUT2D eigenvalue weighted by Crippen LogP contribution is 2.13. The van der Waals surface area contributed by atoms with E-state index < -0.39 is 0 Å². The highest BCUT2D eigenvalue weighted by molar-refractivity contribution is 5.89. The molecule has 0 aliphatic heterocycles. The molecule has 110 valence electrons. The molecule has 0 spiro atoms. The second-order valence-corrected chi connectivity index (χ2v) is 4.43. The number of rotatable bonds is 5. The molecule has 0 saturated carbocycles. The maximum absolute atomic E-state index is 11.6. The Labute approximate surface area is 121 Å². The first-order valence-electron chi connectivity index (χ1n) is 6.58. The van der Waals surface area contributed by atoms with Gasteiger partial charge in [-0.1, -0.05) is 6.92 Å². The van der Waals surface area contributed by atoms with E-state index in [2.05, 4.69) is 20.5 Å². The molecule has 0 radical (unpaired) electrons. The maximum atomic E-state index is 11.6. The highest BCUT2D eigenvalue weighted by atomic mass is 16.5. The molecule has 1 heterocycles. The van der Waals surface area contributed by atoms with E-state index in [0.29, 0.717) is 23.6 Å². The van der Waals surface area contributed by atoms with E-state index in [0.717, 1.165) is 6.42 Å². The molecule has 0 fully saturated rings. The number of hydrogen-bond acceptors (Lipinski definition) is 6. The van der Waals surface area contributed by atoms with E-state index in [1.165, 1.54) is 0 Å². The molecule has 7 heteroatoms. The van der Waals surface area contributed by atoms with E-state index in [1.54, 1.807) is 31.2 Å². The Morgan fingerprint density at radius 2 is 2.00 bits per heavy atom. The van der Waals surface area contributed by atoms with Gasteiger partial charge in [-0.2, -0.15) is 0 Å². The van der Waals surface area contributed by atoms with Crippen molar-refractivity contribution >= 4 is 17.6 Å². The van der Waals surface area contributed by atoms with Crippen molar-refractivity contribution in [2.75, 3.05) is 11.9 Å². The Bertz CT molecular complexity index is 679. The van der Waals surface area contributed by atoms with E-state index in [1.807, 2.05) is 6.92 Å². The molecule has 0 aliphatic carbocycles. The molecule has 0 saturated heterocycles. The van der Waals surface area contributed by atoms with Crippen molar-refractivity contribution in [3.05, 3.63) is 45.9 Å². The topological polar surface area (TPSA) is 97.0 Å². The number of carbonyl (C=O) groups excluding carboxylic acids is 1. The Morgan fingerprint density at radius 1 is 1.29 bits per heavy atom. The number of hydrogen-bond donors (Lipinski definition) is 2. The van der Waals surface area contributed by atoms with Crippen LogP contribution < -0.4 is 10.9 Å². The van der Waals surface area contributed by atoms with Crippen LogP contribution in [-0.2, 0) is 4.74 Å². The van der Waals surface area contributed by atoms with Crippen molar-refractivity contribution in [3.8, 4) is 0 Å². The monoisotopic (exact) mass is 288 g/mol. The molecule has 0 amide bonds. The average molecular weight is 288 g/mol. The van der Waals surface area contributed by atoms with Crippen LogP contribution in [0.3, 0.4) is 0 Å². The Hall–Kier alpha value is -2.70. The molecule has 2 aromatic rings. The molecule has 2 rings (SSSR count). The number of carbonyl (C=O) groups is 1. The zero-order valence-electron chi connectivity index (χ0n) is 11.8. The summed E-state index contributed by atoms with van der Waals surface area (Å²) in [6.07, 6.45) is 0.783. The summed E-state index contributed by atoms with van der Waals surface area (Å²) >= 11 is 0. The fourth-order valence-electron chi connectivity index (χ4n) is 1.55. The van der Waals surface area contributed by atoms with Crippen molar-refractivity contribution < 1.29 is 9.53 Å². The number of nitrogens with zero attached hydrogens (tertiary/aromatic N) is 2. The smallest absolute Gasteiger partial charge is 0.338 e. The molecule has 1 aromatic heterocycles. The van der Waals surface area contributed by atoms with Crippen LogP contribution in [0.15, 0.2) is 29.1 Å². The van der Waals surface area contributed by atoms with Crippen molar-refractivity contribution in [2.24, 2.45) is 0 Å². The van der Waals surface area contributed by atoms with Crippen molar-refractivity contribution in [1.82, 2.24) is 15.2 Å². The van der Waals surface area contributed by atoms with Gasteiger partial charge in [0.25, 0.3) is 5.56 Å². The lowest BCUT2D eigenvalue weighted by molar-refractivity contribution is 0.0505. The number of H-pyrrole nitrogens is 1. The van der Waals surface area contributed by atoms with Crippen LogP contribution in [0.4, 0.5) is 11.6 Å². The minimum atomic E-state index is -0.355.